The molecule has 0 aromatic heterocycles. The highest BCUT2D eigenvalue weighted by atomic mass is 79.9. The Kier molecular flexibility index (Phi) is 4.98. The van der Waals surface area contributed by atoms with E-state index in [9.17, 15) is 4.79 Å². The monoisotopic (exact) mass is 319 g/mol. The molecule has 0 aliphatic carbocycles. The van der Waals surface area contributed by atoms with Crippen molar-refractivity contribution in [2.45, 2.75) is 27.3 Å². The summed E-state index contributed by atoms with van der Waals surface area (Å²) in [5.74, 6) is -0.304. The van der Waals surface area contributed by atoms with Gasteiger partial charge in [-0.2, -0.15) is 0 Å². The van der Waals surface area contributed by atoms with Crippen molar-refractivity contribution in [3.8, 4) is 0 Å². The fraction of sp³-hybridized carbons (Fsp3) is 0.417. The van der Waals surface area contributed by atoms with Gasteiger partial charge in [0.2, 0.25) is 0 Å². The van der Waals surface area contributed by atoms with Crippen LogP contribution in [0.2, 0.25) is 5.02 Å². The van der Waals surface area contributed by atoms with Crippen molar-refractivity contribution in [3.63, 3.8) is 0 Å². The number of hydrogen-bond acceptors (Lipinski definition) is 3. The average Bonchev–Trinajstić information content (AvgIpc) is 2.20. The lowest BCUT2D eigenvalue weighted by Crippen LogP contribution is -2.28. The highest BCUT2D eigenvalue weighted by molar-refractivity contribution is 9.07. The third-order valence-electron chi connectivity index (χ3n) is 2.05. The molecule has 0 bridgehead atoms. The number of halogens is 2. The summed E-state index contributed by atoms with van der Waals surface area (Å²) in [4.78, 5) is 16.7. The van der Waals surface area contributed by atoms with Gasteiger partial charge in [0.25, 0.3) is 0 Å². The number of rotatable bonds is 3. The van der Waals surface area contributed by atoms with E-state index in [0.29, 0.717) is 11.6 Å². The lowest BCUT2D eigenvalue weighted by molar-refractivity contribution is -0.177. The second-order valence-corrected chi connectivity index (χ2v) is 5.89. The molecule has 0 saturated heterocycles. The molecule has 1 rings (SSSR count). The minimum absolute atomic E-state index is 0.304. The molecule has 17 heavy (non-hydrogen) atoms. The number of carbonyl (C=O) groups excluding carboxylic acids is 1. The zero-order valence-corrected chi connectivity index (χ0v) is 12.4. The van der Waals surface area contributed by atoms with Crippen molar-refractivity contribution in [1.82, 2.24) is 4.09 Å². The van der Waals surface area contributed by atoms with E-state index in [4.69, 9.17) is 16.4 Å². The van der Waals surface area contributed by atoms with E-state index in [-0.39, 0.29) is 5.97 Å². The van der Waals surface area contributed by atoms with Crippen LogP contribution in [-0.2, 0) is 16.2 Å². The van der Waals surface area contributed by atoms with Crippen LogP contribution in [0.1, 0.15) is 26.3 Å². The van der Waals surface area contributed by atoms with Gasteiger partial charge in [0.05, 0.1) is 28.1 Å². The van der Waals surface area contributed by atoms with Crippen LogP contribution in [0.25, 0.3) is 0 Å². The van der Waals surface area contributed by atoms with E-state index in [0.717, 1.165) is 5.56 Å². The lowest BCUT2D eigenvalue weighted by Gasteiger charge is -2.20. The minimum atomic E-state index is -0.535. The zero-order chi connectivity index (χ0) is 13.1. The van der Waals surface area contributed by atoms with Crippen LogP contribution in [0.15, 0.2) is 24.3 Å². The smallest absolute Gasteiger partial charge is 0.331 e. The first-order chi connectivity index (χ1) is 7.80. The summed E-state index contributed by atoms with van der Waals surface area (Å²) in [5, 5.41) is 0.642. The molecule has 0 heterocycles. The van der Waals surface area contributed by atoms with Gasteiger partial charge in [-0.15, -0.1) is 0 Å². The molecule has 0 fully saturated rings. The van der Waals surface area contributed by atoms with Crippen LogP contribution in [0.4, 0.5) is 0 Å². The highest BCUT2D eigenvalue weighted by Crippen LogP contribution is 2.21. The molecule has 0 amide bonds. The van der Waals surface area contributed by atoms with Gasteiger partial charge in [-0.3, -0.25) is 0 Å². The molecule has 0 spiro atoms. The van der Waals surface area contributed by atoms with E-state index < -0.39 is 5.41 Å². The lowest BCUT2D eigenvalue weighted by atomic mass is 9.98. The molecule has 0 radical (unpaired) electrons. The molecule has 0 aliphatic rings. The Balaban J connectivity index is 2.59. The van der Waals surface area contributed by atoms with Crippen molar-refractivity contribution >= 4 is 33.7 Å². The normalized spacial score (nSPS) is 11.6. The summed E-state index contributed by atoms with van der Waals surface area (Å²) >= 11 is 9.18. The number of hydroxylamine groups is 1. The molecule has 1 aromatic rings. The number of nitrogens with zero attached hydrogens (tertiary/aromatic N) is 1. The SMILES string of the molecule is CC(C)(C)C(=O)ON(Br)Cc1ccccc1Cl. The van der Waals surface area contributed by atoms with Gasteiger partial charge in [0.1, 0.15) is 0 Å². The molecular weight excluding hydrogens is 305 g/mol. The van der Waals surface area contributed by atoms with Crippen molar-refractivity contribution in [2.24, 2.45) is 5.41 Å². The van der Waals surface area contributed by atoms with Crippen LogP contribution < -0.4 is 0 Å². The van der Waals surface area contributed by atoms with Gasteiger partial charge in [-0.05, 0) is 32.4 Å². The van der Waals surface area contributed by atoms with E-state index in [2.05, 4.69) is 16.1 Å². The van der Waals surface area contributed by atoms with E-state index in [1.165, 1.54) is 4.09 Å². The topological polar surface area (TPSA) is 29.5 Å². The van der Waals surface area contributed by atoms with Gasteiger partial charge >= 0.3 is 5.97 Å². The van der Waals surface area contributed by atoms with Crippen molar-refractivity contribution in [3.05, 3.63) is 34.9 Å². The summed E-state index contributed by atoms with van der Waals surface area (Å²) in [6.07, 6.45) is 0. The molecule has 94 valence electrons. The van der Waals surface area contributed by atoms with Gasteiger partial charge in [-0.25, -0.2) is 4.79 Å². The maximum Gasteiger partial charge on any atom is 0.331 e. The fourth-order valence-corrected chi connectivity index (χ4v) is 1.62. The summed E-state index contributed by atoms with van der Waals surface area (Å²) in [6, 6.07) is 7.41. The maximum absolute atomic E-state index is 11.6. The Morgan fingerprint density at radius 1 is 1.41 bits per heavy atom. The molecule has 0 atom stereocenters. The van der Waals surface area contributed by atoms with Crippen molar-refractivity contribution in [2.75, 3.05) is 0 Å². The van der Waals surface area contributed by atoms with Gasteiger partial charge in [0.15, 0.2) is 0 Å². The van der Waals surface area contributed by atoms with Gasteiger partial charge in [-0.1, -0.05) is 33.9 Å². The molecule has 5 heteroatoms. The molecule has 0 aliphatic heterocycles. The minimum Gasteiger partial charge on any atom is -0.356 e. The number of carbonyl (C=O) groups is 1. The first-order valence-electron chi connectivity index (χ1n) is 5.20. The van der Waals surface area contributed by atoms with Crippen LogP contribution in [0.5, 0.6) is 0 Å². The Bertz CT molecular complexity index is 404. The van der Waals surface area contributed by atoms with E-state index in [1.807, 2.05) is 18.2 Å². The van der Waals surface area contributed by atoms with Crippen LogP contribution >= 0.6 is 27.7 Å². The standard InChI is InChI=1S/C12H15BrClNO2/c1-12(2,3)11(16)17-15(13)8-9-6-4-5-7-10(9)14/h4-7H,8H2,1-3H3. The molecule has 0 unspecified atom stereocenters. The molecular formula is C12H15BrClNO2. The molecule has 0 N–H and O–H groups in total. The zero-order valence-electron chi connectivity index (χ0n) is 10.0. The van der Waals surface area contributed by atoms with E-state index >= 15 is 0 Å². The van der Waals surface area contributed by atoms with E-state index in [1.54, 1.807) is 26.8 Å². The Labute approximate surface area is 115 Å². The fourth-order valence-electron chi connectivity index (χ4n) is 1.02. The third kappa shape index (κ3) is 4.66. The van der Waals surface area contributed by atoms with Gasteiger partial charge in [0, 0.05) is 5.02 Å². The third-order valence-corrected chi connectivity index (χ3v) is 2.81. The highest BCUT2D eigenvalue weighted by Gasteiger charge is 2.25. The number of hydrogen-bond donors (Lipinski definition) is 0. The molecule has 0 saturated carbocycles. The molecule has 1 aromatic carbocycles. The largest absolute Gasteiger partial charge is 0.356 e. The quantitative estimate of drug-likeness (QED) is 0.624. The first-order valence-corrected chi connectivity index (χ1v) is 6.28. The van der Waals surface area contributed by atoms with Crippen LogP contribution in [0.3, 0.4) is 0 Å². The van der Waals surface area contributed by atoms with Crippen LogP contribution in [-0.4, -0.2) is 10.1 Å². The predicted octanol–water partition coefficient (Wildman–Crippen LogP) is 3.96. The first kappa shape index (κ1) is 14.5. The summed E-state index contributed by atoms with van der Waals surface area (Å²) in [6.45, 7) is 5.78. The van der Waals surface area contributed by atoms with Crippen molar-refractivity contribution < 1.29 is 9.63 Å². The number of benzene rings is 1. The Morgan fingerprint density at radius 3 is 2.53 bits per heavy atom. The van der Waals surface area contributed by atoms with Crippen molar-refractivity contribution in [1.29, 1.82) is 0 Å². The van der Waals surface area contributed by atoms with Crippen LogP contribution in [0, 0.1) is 5.41 Å². The maximum atomic E-state index is 11.6. The Morgan fingerprint density at radius 2 is 2.00 bits per heavy atom. The summed E-state index contributed by atoms with van der Waals surface area (Å²) < 4.78 is 1.31. The average molecular weight is 321 g/mol. The summed E-state index contributed by atoms with van der Waals surface area (Å²) in [7, 11) is 0. The summed E-state index contributed by atoms with van der Waals surface area (Å²) in [5.41, 5.74) is 0.347. The second kappa shape index (κ2) is 5.85. The molecule has 3 nitrogen and oxygen atoms in total. The Hall–Kier alpha value is -0.580. The second-order valence-electron chi connectivity index (χ2n) is 4.70. The van der Waals surface area contributed by atoms with Gasteiger partial charge < -0.3 is 4.84 Å². The predicted molar refractivity (Wildman–Crippen MR) is 71.5 cm³/mol.